The zero-order valence-electron chi connectivity index (χ0n) is 12.6. The SMILES string of the molecule is O=C([O-])c1ccc([C@H]2Nc3c(F)cc(Br)cc3[C@@H]3C=CC[C@@H]23)cc1. The van der Waals surface area contributed by atoms with E-state index >= 15 is 0 Å². The number of halogens is 2. The molecule has 0 saturated heterocycles. The van der Waals surface area contributed by atoms with Crippen LogP contribution in [0.1, 0.15) is 39.9 Å². The molecule has 1 N–H and O–H groups in total. The smallest absolute Gasteiger partial charge is 0.147 e. The van der Waals surface area contributed by atoms with E-state index in [0.717, 1.165) is 22.0 Å². The van der Waals surface area contributed by atoms with Gasteiger partial charge in [-0.2, -0.15) is 0 Å². The van der Waals surface area contributed by atoms with E-state index in [9.17, 15) is 14.3 Å². The number of rotatable bonds is 2. The van der Waals surface area contributed by atoms with Gasteiger partial charge in [0.15, 0.2) is 0 Å². The lowest BCUT2D eigenvalue weighted by molar-refractivity contribution is -0.255. The van der Waals surface area contributed by atoms with Crippen molar-refractivity contribution in [2.45, 2.75) is 18.4 Å². The molecule has 0 radical (unpaired) electrons. The summed E-state index contributed by atoms with van der Waals surface area (Å²) in [5.74, 6) is -1.05. The number of aromatic carboxylic acids is 1. The molecule has 0 saturated carbocycles. The van der Waals surface area contributed by atoms with Crippen LogP contribution in [0.25, 0.3) is 0 Å². The minimum atomic E-state index is -1.19. The fourth-order valence-electron chi connectivity index (χ4n) is 3.78. The van der Waals surface area contributed by atoms with Crippen molar-refractivity contribution in [2.75, 3.05) is 5.32 Å². The number of allylic oxidation sites excluding steroid dienone is 2. The minimum Gasteiger partial charge on any atom is -0.545 e. The van der Waals surface area contributed by atoms with Gasteiger partial charge in [0.25, 0.3) is 0 Å². The van der Waals surface area contributed by atoms with Crippen LogP contribution in [0, 0.1) is 11.7 Å². The van der Waals surface area contributed by atoms with Crippen LogP contribution in [-0.4, -0.2) is 5.97 Å². The maximum atomic E-state index is 14.4. The first-order chi connectivity index (χ1) is 11.5. The Morgan fingerprint density at radius 3 is 2.71 bits per heavy atom. The van der Waals surface area contributed by atoms with Gasteiger partial charge in [-0.3, -0.25) is 0 Å². The molecule has 0 fully saturated rings. The molecule has 24 heavy (non-hydrogen) atoms. The average molecular weight is 387 g/mol. The van der Waals surface area contributed by atoms with E-state index in [2.05, 4.69) is 33.4 Å². The van der Waals surface area contributed by atoms with Gasteiger partial charge in [0.1, 0.15) is 5.82 Å². The summed E-state index contributed by atoms with van der Waals surface area (Å²) in [6.07, 6.45) is 5.17. The highest BCUT2D eigenvalue weighted by Crippen LogP contribution is 2.51. The molecule has 0 aromatic heterocycles. The van der Waals surface area contributed by atoms with Crippen molar-refractivity contribution < 1.29 is 14.3 Å². The average Bonchev–Trinajstić information content (AvgIpc) is 3.04. The van der Waals surface area contributed by atoms with Crippen molar-refractivity contribution in [3.8, 4) is 0 Å². The Labute approximate surface area is 147 Å². The zero-order chi connectivity index (χ0) is 16.8. The molecule has 0 bridgehead atoms. The number of hydrogen-bond donors (Lipinski definition) is 1. The highest BCUT2D eigenvalue weighted by molar-refractivity contribution is 9.10. The maximum Gasteiger partial charge on any atom is 0.147 e. The molecular formula is C19H14BrFNO2-. The second-order valence-electron chi connectivity index (χ2n) is 6.24. The highest BCUT2D eigenvalue weighted by Gasteiger charge is 2.39. The standard InChI is InChI=1S/C19H15BrFNO2/c20-12-8-15-13-2-1-3-14(13)17(22-18(15)16(21)9-12)10-4-6-11(7-5-10)19(23)24/h1-2,4-9,13-14,17,22H,3H2,(H,23,24)/p-1/t13-,14-,17-/m1/s1. The summed E-state index contributed by atoms with van der Waals surface area (Å²) in [6.45, 7) is 0. The van der Waals surface area contributed by atoms with E-state index in [1.54, 1.807) is 12.1 Å². The first-order valence-electron chi connectivity index (χ1n) is 7.78. The number of benzene rings is 2. The molecule has 2 aromatic rings. The van der Waals surface area contributed by atoms with E-state index in [1.165, 1.54) is 18.2 Å². The summed E-state index contributed by atoms with van der Waals surface area (Å²) in [6, 6.07) is 9.99. The van der Waals surface area contributed by atoms with Gasteiger partial charge in [0.05, 0.1) is 17.7 Å². The number of fused-ring (bicyclic) bond motifs is 3. The monoisotopic (exact) mass is 386 g/mol. The third-order valence-corrected chi connectivity index (χ3v) is 5.35. The maximum absolute atomic E-state index is 14.4. The van der Waals surface area contributed by atoms with Crippen LogP contribution in [-0.2, 0) is 0 Å². The zero-order valence-corrected chi connectivity index (χ0v) is 14.2. The molecule has 0 amide bonds. The summed E-state index contributed by atoms with van der Waals surface area (Å²) in [4.78, 5) is 10.9. The molecule has 1 heterocycles. The minimum absolute atomic E-state index is 0.0658. The quantitative estimate of drug-likeness (QED) is 0.799. The predicted molar refractivity (Wildman–Crippen MR) is 91.2 cm³/mol. The van der Waals surface area contributed by atoms with Gasteiger partial charge in [-0.25, -0.2) is 4.39 Å². The van der Waals surface area contributed by atoms with Crippen LogP contribution in [0.15, 0.2) is 53.0 Å². The lowest BCUT2D eigenvalue weighted by Crippen LogP contribution is -2.30. The third-order valence-electron chi connectivity index (χ3n) is 4.89. The van der Waals surface area contributed by atoms with E-state index in [-0.39, 0.29) is 29.3 Å². The third kappa shape index (κ3) is 2.44. The van der Waals surface area contributed by atoms with Gasteiger partial charge in [0.2, 0.25) is 0 Å². The van der Waals surface area contributed by atoms with Gasteiger partial charge in [-0.05, 0) is 41.2 Å². The Balaban J connectivity index is 1.76. The Kier molecular flexibility index (Phi) is 3.68. The summed E-state index contributed by atoms with van der Waals surface area (Å²) < 4.78 is 15.2. The van der Waals surface area contributed by atoms with Crippen LogP contribution in [0.5, 0.6) is 0 Å². The molecule has 0 spiro atoms. The summed E-state index contributed by atoms with van der Waals surface area (Å²) in [5, 5.41) is 14.3. The van der Waals surface area contributed by atoms with E-state index < -0.39 is 5.97 Å². The topological polar surface area (TPSA) is 52.2 Å². The van der Waals surface area contributed by atoms with Crippen molar-refractivity contribution in [3.63, 3.8) is 0 Å². The van der Waals surface area contributed by atoms with Gasteiger partial charge in [0, 0.05) is 10.4 Å². The fourth-order valence-corrected chi connectivity index (χ4v) is 4.23. The van der Waals surface area contributed by atoms with Gasteiger partial charge < -0.3 is 15.2 Å². The Hall–Kier alpha value is -2.14. The van der Waals surface area contributed by atoms with E-state index in [4.69, 9.17) is 0 Å². The largest absolute Gasteiger partial charge is 0.545 e. The Bertz CT molecular complexity index is 847. The number of hydrogen-bond acceptors (Lipinski definition) is 3. The van der Waals surface area contributed by atoms with Crippen LogP contribution < -0.4 is 10.4 Å². The Morgan fingerprint density at radius 2 is 2.00 bits per heavy atom. The molecule has 5 heteroatoms. The van der Waals surface area contributed by atoms with Crippen LogP contribution in [0.2, 0.25) is 0 Å². The first kappa shape index (κ1) is 15.4. The first-order valence-corrected chi connectivity index (χ1v) is 8.57. The molecule has 4 rings (SSSR count). The number of carboxylic acid groups (broad SMARTS) is 1. The van der Waals surface area contributed by atoms with Crippen molar-refractivity contribution in [3.05, 3.63) is 75.5 Å². The van der Waals surface area contributed by atoms with Crippen molar-refractivity contribution >= 4 is 27.6 Å². The molecule has 3 nitrogen and oxygen atoms in total. The number of carbonyl (C=O) groups excluding carboxylic acids is 1. The molecule has 0 unspecified atom stereocenters. The number of carboxylic acids is 1. The van der Waals surface area contributed by atoms with Crippen LogP contribution in [0.3, 0.4) is 0 Å². The van der Waals surface area contributed by atoms with Crippen LogP contribution >= 0.6 is 15.9 Å². The molecule has 3 atom stereocenters. The molecule has 122 valence electrons. The lowest BCUT2D eigenvalue weighted by Gasteiger charge is -2.37. The van der Waals surface area contributed by atoms with Crippen molar-refractivity contribution in [1.82, 2.24) is 0 Å². The number of nitrogens with one attached hydrogen (secondary N) is 1. The molecule has 1 aliphatic heterocycles. The Morgan fingerprint density at radius 1 is 1.25 bits per heavy atom. The fraction of sp³-hybridized carbons (Fsp3) is 0.211. The normalized spacial score (nSPS) is 24.2. The van der Waals surface area contributed by atoms with Crippen LogP contribution in [0.4, 0.5) is 10.1 Å². The second-order valence-corrected chi connectivity index (χ2v) is 7.15. The van der Waals surface area contributed by atoms with E-state index in [1.807, 2.05) is 6.07 Å². The predicted octanol–water partition coefficient (Wildman–Crippen LogP) is 3.78. The second kappa shape index (κ2) is 5.74. The molecule has 1 aliphatic carbocycles. The molecule has 2 aliphatic rings. The summed E-state index contributed by atoms with van der Waals surface area (Å²) >= 11 is 3.37. The van der Waals surface area contributed by atoms with Gasteiger partial charge >= 0.3 is 0 Å². The lowest BCUT2D eigenvalue weighted by atomic mass is 9.77. The van der Waals surface area contributed by atoms with Crippen molar-refractivity contribution in [2.24, 2.45) is 5.92 Å². The van der Waals surface area contributed by atoms with Crippen molar-refractivity contribution in [1.29, 1.82) is 0 Å². The number of carbonyl (C=O) groups is 1. The summed E-state index contributed by atoms with van der Waals surface area (Å²) in [5.41, 5.74) is 2.58. The van der Waals surface area contributed by atoms with E-state index in [0.29, 0.717) is 5.69 Å². The number of anilines is 1. The molecule has 2 aromatic carbocycles. The van der Waals surface area contributed by atoms with Gasteiger partial charge in [-0.1, -0.05) is 52.3 Å². The molecular weight excluding hydrogens is 373 g/mol. The van der Waals surface area contributed by atoms with Gasteiger partial charge in [-0.15, -0.1) is 0 Å². The highest BCUT2D eigenvalue weighted by atomic mass is 79.9. The summed E-state index contributed by atoms with van der Waals surface area (Å²) in [7, 11) is 0.